The van der Waals surface area contributed by atoms with Gasteiger partial charge in [0.2, 0.25) is 11.8 Å². The van der Waals surface area contributed by atoms with Gasteiger partial charge in [0, 0.05) is 31.8 Å². The molecule has 2 saturated heterocycles. The number of carbonyl (C=O) groups excluding carboxylic acids is 1. The third-order valence-corrected chi connectivity index (χ3v) is 6.84. The first kappa shape index (κ1) is 27.6. The van der Waals surface area contributed by atoms with Crippen LogP contribution in [0.5, 0.6) is 17.5 Å². The molecule has 2 aliphatic heterocycles. The minimum Gasteiger partial charge on any atom is -0.474 e. The Balaban J connectivity index is 1.34. The lowest BCUT2D eigenvalue weighted by Crippen LogP contribution is -2.44. The van der Waals surface area contributed by atoms with Crippen LogP contribution >= 0.6 is 11.6 Å². The molecule has 4 rings (SSSR count). The van der Waals surface area contributed by atoms with E-state index >= 15 is 0 Å². The van der Waals surface area contributed by atoms with Crippen molar-refractivity contribution >= 4 is 29.1 Å². The number of hydrogen-bond donors (Lipinski definition) is 0. The number of aromatic nitrogens is 2. The molecule has 0 radical (unpaired) electrons. The van der Waals surface area contributed by atoms with Gasteiger partial charge < -0.3 is 19.1 Å². The predicted octanol–water partition coefficient (Wildman–Crippen LogP) is 4.79. The van der Waals surface area contributed by atoms with E-state index < -0.39 is 17.0 Å². The van der Waals surface area contributed by atoms with Gasteiger partial charge in [-0.3, -0.25) is 8.37 Å². The number of hydrogen-bond acceptors (Lipinski definition) is 9. The zero-order valence-electron chi connectivity index (χ0n) is 21.4. The van der Waals surface area contributed by atoms with E-state index in [0.717, 1.165) is 5.56 Å². The second kappa shape index (κ2) is 11.9. The summed E-state index contributed by atoms with van der Waals surface area (Å²) in [5.41, 5.74) is 1.12. The summed E-state index contributed by atoms with van der Waals surface area (Å²) in [6.45, 7) is 9.22. The molecular weight excluding hydrogens is 522 g/mol. The summed E-state index contributed by atoms with van der Waals surface area (Å²) in [4.78, 5) is 22.6. The molecule has 0 N–H and O–H groups in total. The third-order valence-electron chi connectivity index (χ3n) is 5.89. The fourth-order valence-electron chi connectivity index (χ4n) is 3.98. The summed E-state index contributed by atoms with van der Waals surface area (Å²) >= 11 is 4.84. The lowest BCUT2D eigenvalue weighted by molar-refractivity contribution is 0.0122. The number of rotatable bonds is 6. The van der Waals surface area contributed by atoms with Gasteiger partial charge in [-0.05, 0) is 51.8 Å². The van der Waals surface area contributed by atoms with E-state index in [4.69, 9.17) is 34.2 Å². The van der Waals surface area contributed by atoms with E-state index in [1.807, 2.05) is 39.8 Å². The monoisotopic (exact) mass is 553 g/mol. The first-order chi connectivity index (χ1) is 17.6. The molecule has 1 aromatic heterocycles. The van der Waals surface area contributed by atoms with Crippen LogP contribution in [-0.2, 0) is 30.9 Å². The highest BCUT2D eigenvalue weighted by molar-refractivity contribution is 7.75. The summed E-state index contributed by atoms with van der Waals surface area (Å²) in [5, 5.41) is 0.439. The molecule has 0 saturated carbocycles. The summed E-state index contributed by atoms with van der Waals surface area (Å²) < 4.78 is 38.9. The third kappa shape index (κ3) is 7.76. The van der Waals surface area contributed by atoms with Crippen molar-refractivity contribution in [2.75, 3.05) is 26.3 Å². The Morgan fingerprint density at radius 2 is 1.84 bits per heavy atom. The molecular formula is C25H32ClN3O7S. The normalized spacial score (nSPS) is 20.9. The Hall–Kier alpha value is -2.47. The highest BCUT2D eigenvalue weighted by Gasteiger charge is 2.28. The number of halogens is 1. The van der Waals surface area contributed by atoms with Crippen LogP contribution in [0.3, 0.4) is 0 Å². The predicted molar refractivity (Wildman–Crippen MR) is 137 cm³/mol. The molecule has 0 bridgehead atoms. The summed E-state index contributed by atoms with van der Waals surface area (Å²) in [7, 11) is 0. The van der Waals surface area contributed by atoms with Crippen molar-refractivity contribution in [1.82, 2.24) is 14.9 Å². The van der Waals surface area contributed by atoms with E-state index in [0.29, 0.717) is 73.7 Å². The van der Waals surface area contributed by atoms with Gasteiger partial charge in [0.25, 0.3) is 0 Å². The Bertz CT molecular complexity index is 1130. The highest BCUT2D eigenvalue weighted by Crippen LogP contribution is 2.34. The van der Waals surface area contributed by atoms with Crippen molar-refractivity contribution < 1.29 is 31.6 Å². The van der Waals surface area contributed by atoms with Crippen LogP contribution in [-0.4, -0.2) is 63.2 Å². The number of benzene rings is 1. The standard InChI is InChI=1S/C25H32ClN3O7S/c1-16-22(34-19-7-9-29(10-8-19)24(30)36-25(2,3)4)27-15-28-23(16)35-21-6-5-17(12-20(21)26)11-18-13-32-37(31)33-14-18/h5-6,12,15,18-19H,7-11,13-14H2,1-4H3/t18-,37+. The Morgan fingerprint density at radius 1 is 1.16 bits per heavy atom. The lowest BCUT2D eigenvalue weighted by Gasteiger charge is -2.33. The summed E-state index contributed by atoms with van der Waals surface area (Å²) in [5.74, 6) is 1.34. The summed E-state index contributed by atoms with van der Waals surface area (Å²) in [6, 6.07) is 5.53. The zero-order chi connectivity index (χ0) is 26.6. The molecule has 1 amide bonds. The van der Waals surface area contributed by atoms with Crippen molar-refractivity contribution in [1.29, 1.82) is 0 Å². The van der Waals surface area contributed by atoms with Gasteiger partial charge in [-0.15, -0.1) is 0 Å². The van der Waals surface area contributed by atoms with Crippen molar-refractivity contribution in [3.63, 3.8) is 0 Å². The fraction of sp³-hybridized carbons (Fsp3) is 0.560. The number of ether oxygens (including phenoxy) is 3. The van der Waals surface area contributed by atoms with Crippen LogP contribution < -0.4 is 9.47 Å². The second-order valence-corrected chi connectivity index (χ2v) is 11.4. The van der Waals surface area contributed by atoms with Crippen molar-refractivity contribution in [2.24, 2.45) is 5.92 Å². The number of amides is 1. The first-order valence-corrected chi connectivity index (χ1v) is 13.6. The molecule has 2 aromatic rings. The lowest BCUT2D eigenvalue weighted by atomic mass is 10.0. The van der Waals surface area contributed by atoms with E-state index in [1.165, 1.54) is 6.33 Å². The molecule has 3 heterocycles. The van der Waals surface area contributed by atoms with E-state index in [9.17, 15) is 9.00 Å². The van der Waals surface area contributed by atoms with E-state index in [2.05, 4.69) is 9.97 Å². The Labute approximate surface area is 224 Å². The smallest absolute Gasteiger partial charge is 0.410 e. The van der Waals surface area contributed by atoms with Gasteiger partial charge in [-0.1, -0.05) is 17.7 Å². The van der Waals surface area contributed by atoms with Crippen molar-refractivity contribution in [2.45, 2.75) is 58.7 Å². The molecule has 0 spiro atoms. The number of carbonyl (C=O) groups is 1. The number of piperidine rings is 1. The molecule has 37 heavy (non-hydrogen) atoms. The maximum Gasteiger partial charge on any atom is 0.410 e. The molecule has 1 aromatic carbocycles. The van der Waals surface area contributed by atoms with Gasteiger partial charge in [-0.25, -0.2) is 14.8 Å². The van der Waals surface area contributed by atoms with Crippen LogP contribution in [0.4, 0.5) is 4.79 Å². The Morgan fingerprint density at radius 3 is 2.49 bits per heavy atom. The molecule has 0 unspecified atom stereocenters. The van der Waals surface area contributed by atoms with Crippen LogP contribution in [0.25, 0.3) is 0 Å². The first-order valence-electron chi connectivity index (χ1n) is 12.2. The van der Waals surface area contributed by atoms with E-state index in [1.54, 1.807) is 11.0 Å². The number of nitrogens with zero attached hydrogens (tertiary/aromatic N) is 3. The molecule has 202 valence electrons. The van der Waals surface area contributed by atoms with Crippen LogP contribution in [0, 0.1) is 12.8 Å². The number of likely N-dealkylation sites (tertiary alicyclic amines) is 1. The Kier molecular flexibility index (Phi) is 8.89. The largest absolute Gasteiger partial charge is 0.474 e. The van der Waals surface area contributed by atoms with Gasteiger partial charge in [-0.2, -0.15) is 4.21 Å². The molecule has 2 fully saturated rings. The van der Waals surface area contributed by atoms with Crippen LogP contribution in [0.15, 0.2) is 24.5 Å². The van der Waals surface area contributed by atoms with Crippen LogP contribution in [0.2, 0.25) is 5.02 Å². The maximum atomic E-state index is 12.3. The van der Waals surface area contributed by atoms with Crippen molar-refractivity contribution in [3.8, 4) is 17.5 Å². The van der Waals surface area contributed by atoms with Crippen molar-refractivity contribution in [3.05, 3.63) is 40.7 Å². The maximum absolute atomic E-state index is 12.3. The summed E-state index contributed by atoms with van der Waals surface area (Å²) in [6.07, 6.45) is 3.00. The van der Waals surface area contributed by atoms with Gasteiger partial charge in [0.05, 0.1) is 23.8 Å². The molecule has 0 atom stereocenters. The zero-order valence-corrected chi connectivity index (χ0v) is 23.0. The topological polar surface area (TPSA) is 109 Å². The molecule has 2 aliphatic rings. The quantitative estimate of drug-likeness (QED) is 0.498. The minimum atomic E-state index is -1.65. The fourth-order valence-corrected chi connectivity index (χ4v) is 4.89. The average molecular weight is 554 g/mol. The second-order valence-electron chi connectivity index (χ2n) is 10.1. The molecule has 0 aliphatic carbocycles. The highest BCUT2D eigenvalue weighted by atomic mass is 35.5. The van der Waals surface area contributed by atoms with Gasteiger partial charge >= 0.3 is 17.5 Å². The minimum absolute atomic E-state index is 0.0896. The van der Waals surface area contributed by atoms with Crippen LogP contribution in [0.1, 0.15) is 44.7 Å². The average Bonchev–Trinajstić information content (AvgIpc) is 2.84. The van der Waals surface area contributed by atoms with E-state index in [-0.39, 0.29) is 18.1 Å². The van der Waals surface area contributed by atoms with Gasteiger partial charge in [0.15, 0.2) is 0 Å². The SMILES string of the molecule is Cc1c(Oc2ccc(C[C@H]3CO[S@@](=O)OC3)cc2Cl)ncnc1OC1CCN(C(=O)OC(C)(C)C)CC1. The molecule has 12 heteroatoms. The molecule has 10 nitrogen and oxygen atoms in total. The van der Waals surface area contributed by atoms with Gasteiger partial charge in [0.1, 0.15) is 23.8 Å².